The molecule has 2 N–H and O–H groups in total. The Labute approximate surface area is 211 Å². The number of fused-ring (bicyclic) bond motifs is 1. The molecule has 2 atom stereocenters. The second-order valence-electron chi connectivity index (χ2n) is 10.3. The molecule has 1 aliphatic heterocycles. The summed E-state index contributed by atoms with van der Waals surface area (Å²) in [5.41, 5.74) is 2.22. The smallest absolute Gasteiger partial charge is 0.408 e. The van der Waals surface area contributed by atoms with E-state index in [1.807, 2.05) is 62.1 Å². The first kappa shape index (κ1) is 25.0. The Morgan fingerprint density at radius 3 is 2.57 bits per heavy atom. The van der Waals surface area contributed by atoms with Crippen molar-refractivity contribution in [2.45, 2.75) is 64.0 Å². The normalized spacial score (nSPS) is 17.4. The molecular weight excluding hydrogens is 464 g/mol. The van der Waals surface area contributed by atoms with Gasteiger partial charge in [-0.05, 0) is 69.9 Å². The van der Waals surface area contributed by atoms with Gasteiger partial charge in [-0.2, -0.15) is 0 Å². The molecule has 1 saturated heterocycles. The lowest BCUT2D eigenvalue weighted by molar-refractivity contribution is -0.134. The Morgan fingerprint density at radius 1 is 1.20 bits per heavy atom. The fraction of sp³-hybridized carbons (Fsp3) is 0.444. The van der Waals surface area contributed by atoms with E-state index in [0.29, 0.717) is 24.5 Å². The van der Waals surface area contributed by atoms with E-state index < -0.39 is 17.7 Å². The standard InChI is InChI=1S/C27H33ClN4O3/c1-27(2,3)32(26(34)35)21(15-18-10-12-20(28)13-11-18)16-24(33)31-14-6-7-19(17-31)25-29-22-8-4-5-9-23(22)30-25/h4-5,8-13,19,21H,6-7,14-17H2,1-3H3,(H,29,30)(H,34,35)/t19-,21-/m1/s1. The van der Waals surface area contributed by atoms with E-state index in [1.54, 1.807) is 12.1 Å². The number of nitrogens with one attached hydrogen (secondary N) is 1. The summed E-state index contributed by atoms with van der Waals surface area (Å²) in [6.45, 7) is 6.83. The van der Waals surface area contributed by atoms with Crippen molar-refractivity contribution >= 4 is 34.6 Å². The van der Waals surface area contributed by atoms with E-state index in [9.17, 15) is 14.7 Å². The van der Waals surface area contributed by atoms with Crippen molar-refractivity contribution in [1.29, 1.82) is 0 Å². The number of rotatable bonds is 6. The molecule has 35 heavy (non-hydrogen) atoms. The highest BCUT2D eigenvalue weighted by Gasteiger charge is 2.36. The molecule has 0 unspecified atom stereocenters. The van der Waals surface area contributed by atoms with Crippen molar-refractivity contribution in [1.82, 2.24) is 19.8 Å². The third kappa shape index (κ3) is 5.96. The summed E-state index contributed by atoms with van der Waals surface area (Å²) in [5, 5.41) is 10.7. The van der Waals surface area contributed by atoms with Crippen LogP contribution in [0.3, 0.4) is 0 Å². The van der Waals surface area contributed by atoms with Crippen LogP contribution in [-0.4, -0.2) is 61.5 Å². The molecule has 1 fully saturated rings. The van der Waals surface area contributed by atoms with E-state index in [0.717, 1.165) is 35.3 Å². The lowest BCUT2D eigenvalue weighted by atomic mass is 9.94. The zero-order chi connectivity index (χ0) is 25.2. The molecule has 0 bridgehead atoms. The zero-order valence-electron chi connectivity index (χ0n) is 20.5. The number of H-pyrrole nitrogens is 1. The van der Waals surface area contributed by atoms with Gasteiger partial charge in [0.15, 0.2) is 0 Å². The van der Waals surface area contributed by atoms with E-state index >= 15 is 0 Å². The Kier molecular flexibility index (Phi) is 7.36. The van der Waals surface area contributed by atoms with E-state index in [-0.39, 0.29) is 18.2 Å². The number of imidazole rings is 1. The number of amides is 2. The number of piperidine rings is 1. The largest absolute Gasteiger partial charge is 0.465 e. The van der Waals surface area contributed by atoms with Crippen LogP contribution < -0.4 is 0 Å². The third-order valence-electron chi connectivity index (χ3n) is 6.66. The molecule has 2 aromatic carbocycles. The van der Waals surface area contributed by atoms with Crippen molar-refractivity contribution in [2.24, 2.45) is 0 Å². The molecule has 1 aliphatic rings. The maximum Gasteiger partial charge on any atom is 0.408 e. The average Bonchev–Trinajstić information content (AvgIpc) is 3.24. The fourth-order valence-electron chi connectivity index (χ4n) is 5.06. The van der Waals surface area contributed by atoms with E-state index in [4.69, 9.17) is 16.6 Å². The molecule has 0 spiro atoms. The molecule has 2 heterocycles. The van der Waals surface area contributed by atoms with Crippen molar-refractivity contribution in [3.05, 3.63) is 64.9 Å². The lowest BCUT2D eigenvalue weighted by Gasteiger charge is -2.41. The number of hydrogen-bond acceptors (Lipinski definition) is 3. The minimum Gasteiger partial charge on any atom is -0.465 e. The van der Waals surface area contributed by atoms with Crippen LogP contribution in [0, 0.1) is 0 Å². The second kappa shape index (κ2) is 10.3. The van der Waals surface area contributed by atoms with Crippen LogP contribution >= 0.6 is 11.6 Å². The molecule has 1 aromatic heterocycles. The predicted octanol–water partition coefficient (Wildman–Crippen LogP) is 5.70. The Bertz CT molecular complexity index is 1150. The summed E-state index contributed by atoms with van der Waals surface area (Å²) in [6, 6.07) is 14.8. The van der Waals surface area contributed by atoms with Crippen molar-refractivity contribution in [3.8, 4) is 0 Å². The molecule has 2 amide bonds. The highest BCUT2D eigenvalue weighted by Crippen LogP contribution is 2.29. The summed E-state index contributed by atoms with van der Waals surface area (Å²) in [7, 11) is 0. The second-order valence-corrected chi connectivity index (χ2v) is 10.8. The Hall–Kier alpha value is -3.06. The summed E-state index contributed by atoms with van der Waals surface area (Å²) < 4.78 is 0. The molecule has 0 radical (unpaired) electrons. The number of halogens is 1. The van der Waals surface area contributed by atoms with Crippen LogP contribution in [0.4, 0.5) is 4.79 Å². The number of nitrogens with zero attached hydrogens (tertiary/aromatic N) is 3. The van der Waals surface area contributed by atoms with Gasteiger partial charge in [-0.25, -0.2) is 9.78 Å². The van der Waals surface area contributed by atoms with Crippen LogP contribution in [-0.2, 0) is 11.2 Å². The topological polar surface area (TPSA) is 89.5 Å². The number of carbonyl (C=O) groups excluding carboxylic acids is 1. The average molecular weight is 497 g/mol. The van der Waals surface area contributed by atoms with E-state index in [1.165, 1.54) is 4.90 Å². The summed E-state index contributed by atoms with van der Waals surface area (Å²) in [4.78, 5) is 37.2. The van der Waals surface area contributed by atoms with Crippen LogP contribution in [0.1, 0.15) is 57.3 Å². The summed E-state index contributed by atoms with van der Waals surface area (Å²) in [5.74, 6) is 1.01. The van der Waals surface area contributed by atoms with Crippen molar-refractivity contribution in [3.63, 3.8) is 0 Å². The highest BCUT2D eigenvalue weighted by molar-refractivity contribution is 6.30. The first-order valence-corrected chi connectivity index (χ1v) is 12.5. The predicted molar refractivity (Wildman–Crippen MR) is 138 cm³/mol. The molecule has 7 nitrogen and oxygen atoms in total. The first-order chi connectivity index (χ1) is 16.6. The molecule has 0 saturated carbocycles. The van der Waals surface area contributed by atoms with Gasteiger partial charge < -0.3 is 15.0 Å². The Morgan fingerprint density at radius 2 is 1.91 bits per heavy atom. The van der Waals surface area contributed by atoms with Gasteiger partial charge in [-0.1, -0.05) is 35.9 Å². The van der Waals surface area contributed by atoms with Crippen molar-refractivity contribution < 1.29 is 14.7 Å². The van der Waals surface area contributed by atoms with Crippen LogP contribution in [0.25, 0.3) is 11.0 Å². The molecule has 3 aromatic rings. The van der Waals surface area contributed by atoms with Gasteiger partial charge in [0.2, 0.25) is 5.91 Å². The van der Waals surface area contributed by atoms with Gasteiger partial charge in [0.25, 0.3) is 0 Å². The number of para-hydroxylation sites is 2. The molecule has 186 valence electrons. The number of aromatic amines is 1. The van der Waals surface area contributed by atoms with Gasteiger partial charge in [-0.3, -0.25) is 9.69 Å². The molecule has 0 aliphatic carbocycles. The number of hydrogen-bond donors (Lipinski definition) is 2. The number of benzene rings is 2. The first-order valence-electron chi connectivity index (χ1n) is 12.1. The third-order valence-corrected chi connectivity index (χ3v) is 6.91. The monoisotopic (exact) mass is 496 g/mol. The van der Waals surface area contributed by atoms with Crippen LogP contribution in [0.15, 0.2) is 48.5 Å². The Balaban J connectivity index is 1.52. The highest BCUT2D eigenvalue weighted by atomic mass is 35.5. The van der Waals surface area contributed by atoms with Gasteiger partial charge in [0, 0.05) is 42.0 Å². The minimum absolute atomic E-state index is 0.0275. The van der Waals surface area contributed by atoms with Gasteiger partial charge in [-0.15, -0.1) is 0 Å². The SMILES string of the molecule is CC(C)(C)N(C(=O)O)[C@@H](CC(=O)N1CCC[C@@H](c2nc3ccccc3[nH]2)C1)Cc1ccc(Cl)cc1. The van der Waals surface area contributed by atoms with Gasteiger partial charge in [0.1, 0.15) is 5.82 Å². The molecule has 4 rings (SSSR count). The number of aromatic nitrogens is 2. The summed E-state index contributed by atoms with van der Waals surface area (Å²) in [6.07, 6.45) is 1.38. The molecule has 8 heteroatoms. The maximum atomic E-state index is 13.5. The fourth-order valence-corrected chi connectivity index (χ4v) is 5.19. The van der Waals surface area contributed by atoms with Crippen LogP contribution in [0.2, 0.25) is 5.02 Å². The number of carboxylic acid groups (broad SMARTS) is 1. The van der Waals surface area contributed by atoms with E-state index in [2.05, 4.69) is 4.98 Å². The minimum atomic E-state index is -1.02. The number of carbonyl (C=O) groups is 2. The van der Waals surface area contributed by atoms with Crippen LogP contribution in [0.5, 0.6) is 0 Å². The van der Waals surface area contributed by atoms with Crippen molar-refractivity contribution in [2.75, 3.05) is 13.1 Å². The maximum absolute atomic E-state index is 13.5. The van der Waals surface area contributed by atoms with Gasteiger partial charge in [0.05, 0.1) is 11.0 Å². The number of likely N-dealkylation sites (tertiary alicyclic amines) is 1. The quantitative estimate of drug-likeness (QED) is 0.458. The molecular formula is C27H33ClN4O3. The van der Waals surface area contributed by atoms with Gasteiger partial charge >= 0.3 is 6.09 Å². The zero-order valence-corrected chi connectivity index (χ0v) is 21.3. The lowest BCUT2D eigenvalue weighted by Crippen LogP contribution is -2.54. The summed E-state index contributed by atoms with van der Waals surface area (Å²) >= 11 is 6.04.